The van der Waals surface area contributed by atoms with Gasteiger partial charge in [-0.2, -0.15) is 0 Å². The molecule has 4 heterocycles. The summed E-state index contributed by atoms with van der Waals surface area (Å²) in [5.41, 5.74) is 3.87. The van der Waals surface area contributed by atoms with Crippen molar-refractivity contribution in [3.05, 3.63) is 90.1 Å². The zero-order chi connectivity index (χ0) is 27.5. The molecule has 2 saturated heterocycles. The van der Waals surface area contributed by atoms with Gasteiger partial charge in [0.05, 0.1) is 17.3 Å². The van der Waals surface area contributed by atoms with Gasteiger partial charge in [-0.05, 0) is 100 Å². The Kier molecular flexibility index (Phi) is 7.79. The van der Waals surface area contributed by atoms with Crippen molar-refractivity contribution in [3.63, 3.8) is 0 Å². The second kappa shape index (κ2) is 11.6. The lowest BCUT2D eigenvalue weighted by molar-refractivity contribution is 0.0614. The minimum Gasteiger partial charge on any atom is -0.459 e. The first-order valence-corrected chi connectivity index (χ1v) is 15.1. The van der Waals surface area contributed by atoms with Crippen LogP contribution in [0.4, 0.5) is 0 Å². The third kappa shape index (κ3) is 5.22. The van der Waals surface area contributed by atoms with Crippen molar-refractivity contribution in [2.45, 2.75) is 76.3 Å². The number of amides is 1. The van der Waals surface area contributed by atoms with E-state index in [1.165, 1.54) is 36.9 Å². The van der Waals surface area contributed by atoms with E-state index in [2.05, 4.69) is 77.9 Å². The molecule has 2 fully saturated rings. The molecule has 40 heavy (non-hydrogen) atoms. The highest BCUT2D eigenvalue weighted by Crippen LogP contribution is 2.40. The highest BCUT2D eigenvalue weighted by atomic mass is 16.3. The number of hydrogen-bond donors (Lipinski definition) is 0. The molecule has 2 atom stereocenters. The lowest BCUT2D eigenvalue weighted by atomic mass is 9.70. The maximum Gasteiger partial charge on any atom is 0.289 e. The van der Waals surface area contributed by atoms with E-state index in [1.807, 2.05) is 4.90 Å². The molecule has 1 amide bonds. The fourth-order valence-corrected chi connectivity index (χ4v) is 7.38. The van der Waals surface area contributed by atoms with E-state index in [0.717, 1.165) is 56.7 Å². The summed E-state index contributed by atoms with van der Waals surface area (Å²) in [4.78, 5) is 22.6. The number of fused-ring (bicyclic) bond motifs is 1. The first kappa shape index (κ1) is 26.8. The highest BCUT2D eigenvalue weighted by molar-refractivity contribution is 5.91. The lowest BCUT2D eigenvalue weighted by Crippen LogP contribution is -2.47. The molecule has 2 aromatic carbocycles. The van der Waals surface area contributed by atoms with E-state index in [9.17, 15) is 4.79 Å². The van der Waals surface area contributed by atoms with Crippen LogP contribution < -0.4 is 0 Å². The minimum atomic E-state index is 0.0131. The van der Waals surface area contributed by atoms with Crippen LogP contribution in [-0.2, 0) is 5.41 Å². The summed E-state index contributed by atoms with van der Waals surface area (Å²) >= 11 is 0. The van der Waals surface area contributed by atoms with Crippen LogP contribution in [0.25, 0.3) is 11.0 Å². The molecule has 2 aromatic heterocycles. The van der Waals surface area contributed by atoms with Crippen LogP contribution in [0.3, 0.4) is 0 Å². The van der Waals surface area contributed by atoms with Gasteiger partial charge >= 0.3 is 0 Å². The maximum absolute atomic E-state index is 13.0. The molecule has 6 rings (SSSR count). The van der Waals surface area contributed by atoms with Crippen LogP contribution >= 0.6 is 0 Å². The van der Waals surface area contributed by atoms with E-state index in [4.69, 9.17) is 9.40 Å². The molecule has 6 heteroatoms. The topological polar surface area (TPSA) is 54.5 Å². The Bertz CT molecular complexity index is 1400. The molecule has 0 bridgehead atoms. The predicted molar refractivity (Wildman–Crippen MR) is 160 cm³/mol. The number of furan rings is 1. The van der Waals surface area contributed by atoms with Gasteiger partial charge in [-0.25, -0.2) is 4.98 Å². The van der Waals surface area contributed by atoms with E-state index in [0.29, 0.717) is 17.8 Å². The quantitative estimate of drug-likeness (QED) is 0.230. The van der Waals surface area contributed by atoms with Gasteiger partial charge in [0, 0.05) is 25.2 Å². The summed E-state index contributed by atoms with van der Waals surface area (Å²) in [6.45, 7) is 8.29. The van der Waals surface area contributed by atoms with Crippen LogP contribution in [0.5, 0.6) is 0 Å². The van der Waals surface area contributed by atoms with Gasteiger partial charge in [-0.1, -0.05) is 49.4 Å². The molecule has 210 valence electrons. The summed E-state index contributed by atoms with van der Waals surface area (Å²) in [5.74, 6) is 1.58. The fraction of sp³-hybridized carbons (Fsp3) is 0.471. The maximum atomic E-state index is 13.0. The molecule has 2 unspecified atom stereocenters. The highest BCUT2D eigenvalue weighted by Gasteiger charge is 2.39. The van der Waals surface area contributed by atoms with E-state index in [-0.39, 0.29) is 11.3 Å². The first-order chi connectivity index (χ1) is 19.6. The molecule has 2 aliphatic heterocycles. The van der Waals surface area contributed by atoms with Gasteiger partial charge < -0.3 is 18.8 Å². The van der Waals surface area contributed by atoms with Crippen LogP contribution in [0.15, 0.2) is 77.4 Å². The van der Waals surface area contributed by atoms with E-state index >= 15 is 0 Å². The molecule has 0 aliphatic carbocycles. The van der Waals surface area contributed by atoms with Crippen molar-refractivity contribution in [2.24, 2.45) is 0 Å². The number of nitrogens with zero attached hydrogens (tertiary/aromatic N) is 4. The molecule has 4 aromatic rings. The summed E-state index contributed by atoms with van der Waals surface area (Å²) in [6, 6.07) is 24.2. The summed E-state index contributed by atoms with van der Waals surface area (Å²) < 4.78 is 7.90. The molecule has 0 saturated carbocycles. The van der Waals surface area contributed by atoms with E-state index in [1.54, 1.807) is 18.4 Å². The van der Waals surface area contributed by atoms with Crippen molar-refractivity contribution >= 4 is 16.9 Å². The fourth-order valence-electron chi connectivity index (χ4n) is 7.38. The number of rotatable bonds is 9. The summed E-state index contributed by atoms with van der Waals surface area (Å²) in [6.07, 6.45) is 9.50. The summed E-state index contributed by atoms with van der Waals surface area (Å²) in [7, 11) is 0. The van der Waals surface area contributed by atoms with Gasteiger partial charge in [-0.15, -0.1) is 0 Å². The van der Waals surface area contributed by atoms with Crippen molar-refractivity contribution < 1.29 is 9.21 Å². The van der Waals surface area contributed by atoms with Gasteiger partial charge in [0.1, 0.15) is 5.82 Å². The van der Waals surface area contributed by atoms with Crippen LogP contribution in [0, 0.1) is 6.92 Å². The Balaban J connectivity index is 1.16. The molecular weight excluding hydrogens is 496 g/mol. The van der Waals surface area contributed by atoms with Gasteiger partial charge in [0.15, 0.2) is 5.76 Å². The Labute approximate surface area is 238 Å². The third-order valence-corrected chi connectivity index (χ3v) is 9.66. The molecule has 2 aliphatic rings. The van der Waals surface area contributed by atoms with Gasteiger partial charge in [0.25, 0.3) is 5.91 Å². The van der Waals surface area contributed by atoms with Crippen LogP contribution in [-0.4, -0.2) is 57.5 Å². The second-order valence-electron chi connectivity index (χ2n) is 11.8. The van der Waals surface area contributed by atoms with Crippen LogP contribution in [0.2, 0.25) is 0 Å². The monoisotopic (exact) mass is 538 g/mol. The number of benzene rings is 2. The number of carbonyl (C=O) groups is 1. The average molecular weight is 539 g/mol. The molecule has 0 spiro atoms. The lowest BCUT2D eigenvalue weighted by Gasteiger charge is -2.43. The molecular formula is C34H42N4O2. The van der Waals surface area contributed by atoms with Crippen molar-refractivity contribution in [1.29, 1.82) is 0 Å². The summed E-state index contributed by atoms with van der Waals surface area (Å²) in [5, 5.41) is 0. The Morgan fingerprint density at radius 2 is 1.80 bits per heavy atom. The number of hydrogen-bond acceptors (Lipinski definition) is 4. The van der Waals surface area contributed by atoms with E-state index < -0.39 is 0 Å². The van der Waals surface area contributed by atoms with Gasteiger partial charge in [0.2, 0.25) is 0 Å². The number of likely N-dealkylation sites (tertiary alicyclic amines) is 2. The third-order valence-electron chi connectivity index (χ3n) is 9.66. The number of imidazole rings is 1. The zero-order valence-corrected chi connectivity index (χ0v) is 24.0. The standard InChI is InChI=1S/C34H42N4O2/c1-3-28(38-26(2)35-30-14-7-8-15-31(30)38)25-29-13-9-20-36(29)21-17-34(27-11-5-4-6-12-27)18-22-37(23-19-34)33(39)32-16-10-24-40-32/h4-8,10-12,14-16,24,28-29H,3,9,13,17-23,25H2,1-2H3. The normalized spacial score (nSPS) is 20.2. The minimum absolute atomic E-state index is 0.0131. The number of piperidine rings is 1. The average Bonchev–Trinajstić information content (AvgIpc) is 3.75. The van der Waals surface area contributed by atoms with Crippen molar-refractivity contribution in [3.8, 4) is 0 Å². The Hall–Kier alpha value is -3.38. The number of aromatic nitrogens is 2. The van der Waals surface area contributed by atoms with Gasteiger partial charge in [-0.3, -0.25) is 4.79 Å². The number of carbonyl (C=O) groups excluding carboxylic acids is 1. The first-order valence-electron chi connectivity index (χ1n) is 15.1. The predicted octanol–water partition coefficient (Wildman–Crippen LogP) is 7.01. The Morgan fingerprint density at radius 1 is 1.02 bits per heavy atom. The zero-order valence-electron chi connectivity index (χ0n) is 24.0. The van der Waals surface area contributed by atoms with Crippen molar-refractivity contribution in [1.82, 2.24) is 19.4 Å². The molecule has 0 radical (unpaired) electrons. The number of para-hydroxylation sites is 2. The Morgan fingerprint density at radius 3 is 2.55 bits per heavy atom. The second-order valence-corrected chi connectivity index (χ2v) is 11.8. The van der Waals surface area contributed by atoms with Crippen LogP contribution in [0.1, 0.15) is 79.9 Å². The number of aryl methyl sites for hydroxylation is 1. The molecule has 0 N–H and O–H groups in total. The largest absolute Gasteiger partial charge is 0.459 e. The smallest absolute Gasteiger partial charge is 0.289 e. The SMILES string of the molecule is CCC(CC1CCCN1CCC1(c2ccccc2)CCN(C(=O)c2ccco2)CC1)n1c(C)nc2ccccc21. The molecule has 6 nitrogen and oxygen atoms in total. The van der Waals surface area contributed by atoms with Crippen molar-refractivity contribution in [2.75, 3.05) is 26.2 Å².